The number of benzene rings is 1. The summed E-state index contributed by atoms with van der Waals surface area (Å²) in [4.78, 5) is 65.4. The molecule has 30 heavy (non-hydrogen) atoms. The number of rotatable bonds is 8. The van der Waals surface area contributed by atoms with Crippen molar-refractivity contribution in [3.05, 3.63) is 36.0 Å². The van der Waals surface area contributed by atoms with E-state index in [1.807, 2.05) is 24.3 Å². The molecule has 10 heteroatoms. The molecule has 1 aliphatic rings. The smallest absolute Gasteiger partial charge is 0.334 e. The molecule has 3 rings (SSSR count). The van der Waals surface area contributed by atoms with E-state index in [9.17, 15) is 24.0 Å². The van der Waals surface area contributed by atoms with Crippen molar-refractivity contribution >= 4 is 40.6 Å². The number of carbonyl (C=O) groups is 5. The van der Waals surface area contributed by atoms with Gasteiger partial charge in [0.15, 0.2) is 0 Å². The van der Waals surface area contributed by atoms with E-state index in [0.29, 0.717) is 11.3 Å². The Morgan fingerprint density at radius 1 is 1.13 bits per heavy atom. The maximum atomic E-state index is 12.5. The van der Waals surface area contributed by atoms with Gasteiger partial charge in [-0.3, -0.25) is 19.3 Å². The van der Waals surface area contributed by atoms with Crippen LogP contribution in [0.3, 0.4) is 0 Å². The van der Waals surface area contributed by atoms with Gasteiger partial charge in [0.2, 0.25) is 5.91 Å². The Bertz CT molecular complexity index is 1010. The minimum Gasteiger partial charge on any atom is -0.467 e. The minimum absolute atomic E-state index is 0.0902. The number of carbonyl (C=O) groups excluding carboxylic acids is 5. The number of H-pyrrole nitrogens is 1. The van der Waals surface area contributed by atoms with Crippen LogP contribution in [0.5, 0.6) is 0 Å². The van der Waals surface area contributed by atoms with Crippen LogP contribution in [0.4, 0.5) is 4.79 Å². The average Bonchev–Trinajstić information content (AvgIpc) is 3.23. The second-order valence-corrected chi connectivity index (χ2v) is 6.84. The highest BCUT2D eigenvalue weighted by atomic mass is 16.5. The van der Waals surface area contributed by atoms with Crippen molar-refractivity contribution < 1.29 is 28.7 Å². The third-order valence-corrected chi connectivity index (χ3v) is 4.80. The molecule has 2 heterocycles. The molecule has 1 aromatic carbocycles. The number of aromatic amines is 1. The van der Waals surface area contributed by atoms with Crippen molar-refractivity contribution in [1.82, 2.24) is 20.1 Å². The van der Waals surface area contributed by atoms with Crippen LogP contribution in [0.15, 0.2) is 30.5 Å². The molecular weight excluding hydrogens is 392 g/mol. The highest BCUT2D eigenvalue weighted by Crippen LogP contribution is 2.19. The summed E-state index contributed by atoms with van der Waals surface area (Å²) >= 11 is 0. The lowest BCUT2D eigenvalue weighted by atomic mass is 10.0. The van der Waals surface area contributed by atoms with Gasteiger partial charge < -0.3 is 15.0 Å². The van der Waals surface area contributed by atoms with Crippen molar-refractivity contribution in [2.24, 2.45) is 0 Å². The van der Waals surface area contributed by atoms with E-state index >= 15 is 0 Å². The fourth-order valence-corrected chi connectivity index (χ4v) is 3.35. The lowest BCUT2D eigenvalue weighted by Crippen LogP contribution is -2.48. The molecule has 2 N–H and O–H groups in total. The van der Waals surface area contributed by atoms with Gasteiger partial charge in [0.1, 0.15) is 12.6 Å². The van der Waals surface area contributed by atoms with Gasteiger partial charge in [-0.15, -0.1) is 0 Å². The normalized spacial score (nSPS) is 15.1. The zero-order chi connectivity index (χ0) is 21.8. The molecular formula is C20H22N4O6. The van der Waals surface area contributed by atoms with Crippen molar-refractivity contribution in [1.29, 1.82) is 0 Å². The van der Waals surface area contributed by atoms with Crippen molar-refractivity contribution in [3.63, 3.8) is 0 Å². The van der Waals surface area contributed by atoms with Crippen LogP contribution in [0.1, 0.15) is 18.9 Å². The Morgan fingerprint density at radius 3 is 2.53 bits per heavy atom. The van der Waals surface area contributed by atoms with Gasteiger partial charge in [0.25, 0.3) is 0 Å². The number of urea groups is 1. The monoisotopic (exact) mass is 414 g/mol. The number of hydrogen-bond acceptors (Lipinski definition) is 6. The number of hydrogen-bond donors (Lipinski definition) is 2. The number of nitrogens with one attached hydrogen (secondary N) is 2. The molecule has 1 aliphatic heterocycles. The standard InChI is InChI=1S/C20H22N4O6/c1-3-8-23-17(26)18(27)24(20(23)29)11-16(25)22-15(19(28)30-2)9-12-10-21-14-7-5-4-6-13(12)14/h4-7,10,15,21H,3,8-9,11H2,1-2H3,(H,22,25)/t15-/m1/s1. The number of amides is 5. The zero-order valence-electron chi connectivity index (χ0n) is 16.6. The first-order valence-corrected chi connectivity index (χ1v) is 9.46. The fourth-order valence-electron chi connectivity index (χ4n) is 3.35. The summed E-state index contributed by atoms with van der Waals surface area (Å²) in [6.45, 7) is 1.18. The molecule has 1 atom stereocenters. The third kappa shape index (κ3) is 4.02. The second-order valence-electron chi connectivity index (χ2n) is 6.84. The van der Waals surface area contributed by atoms with E-state index in [2.05, 4.69) is 10.3 Å². The molecule has 2 aromatic rings. The number of fused-ring (bicyclic) bond motifs is 1. The Morgan fingerprint density at radius 2 is 1.83 bits per heavy atom. The number of ether oxygens (including phenoxy) is 1. The quantitative estimate of drug-likeness (QED) is 0.369. The number of esters is 1. The van der Waals surface area contributed by atoms with Crippen LogP contribution in [-0.2, 0) is 30.3 Å². The van der Waals surface area contributed by atoms with Crippen molar-refractivity contribution in [2.45, 2.75) is 25.8 Å². The Hall–Kier alpha value is -3.69. The maximum absolute atomic E-state index is 12.5. The van der Waals surface area contributed by atoms with E-state index in [-0.39, 0.29) is 13.0 Å². The van der Waals surface area contributed by atoms with Crippen LogP contribution < -0.4 is 5.32 Å². The molecule has 0 unspecified atom stereocenters. The lowest BCUT2D eigenvalue weighted by molar-refractivity contribution is -0.146. The minimum atomic E-state index is -1.06. The van der Waals surface area contributed by atoms with Crippen LogP contribution in [0.2, 0.25) is 0 Å². The fraction of sp³-hybridized carbons (Fsp3) is 0.350. The van der Waals surface area contributed by atoms with Crippen LogP contribution >= 0.6 is 0 Å². The molecule has 1 fully saturated rings. The molecule has 5 amide bonds. The van der Waals surface area contributed by atoms with Crippen molar-refractivity contribution in [3.8, 4) is 0 Å². The molecule has 10 nitrogen and oxygen atoms in total. The SMILES string of the molecule is CCCN1C(=O)C(=O)N(CC(=O)N[C@H](Cc2c[nH]c3ccccc23)C(=O)OC)C1=O. The Labute approximate surface area is 172 Å². The van der Waals surface area contributed by atoms with Crippen LogP contribution in [0, 0.1) is 0 Å². The first kappa shape index (κ1) is 21.0. The van der Waals surface area contributed by atoms with E-state index in [1.165, 1.54) is 7.11 Å². The van der Waals surface area contributed by atoms with Crippen LogP contribution in [0.25, 0.3) is 10.9 Å². The average molecular weight is 414 g/mol. The summed E-state index contributed by atoms with van der Waals surface area (Å²) in [7, 11) is 1.20. The Kier molecular flexibility index (Phi) is 6.14. The van der Waals surface area contributed by atoms with E-state index in [0.717, 1.165) is 21.4 Å². The van der Waals surface area contributed by atoms with Gasteiger partial charge in [0.05, 0.1) is 7.11 Å². The molecule has 0 bridgehead atoms. The van der Waals surface area contributed by atoms with Crippen molar-refractivity contribution in [2.75, 3.05) is 20.2 Å². The number of aromatic nitrogens is 1. The van der Waals surface area contributed by atoms with E-state index < -0.39 is 42.3 Å². The van der Waals surface area contributed by atoms with Gasteiger partial charge >= 0.3 is 23.8 Å². The Balaban J connectivity index is 1.72. The second kappa shape index (κ2) is 8.76. The first-order valence-electron chi connectivity index (χ1n) is 9.46. The molecule has 0 radical (unpaired) electrons. The van der Waals surface area contributed by atoms with Gasteiger partial charge in [-0.05, 0) is 18.1 Å². The molecule has 1 saturated heterocycles. The van der Waals surface area contributed by atoms with Gasteiger partial charge in [-0.1, -0.05) is 25.1 Å². The van der Waals surface area contributed by atoms with E-state index in [1.54, 1.807) is 13.1 Å². The largest absolute Gasteiger partial charge is 0.467 e. The zero-order valence-corrected chi connectivity index (χ0v) is 16.6. The summed E-state index contributed by atoms with van der Waals surface area (Å²) in [5, 5.41) is 3.39. The topological polar surface area (TPSA) is 129 Å². The third-order valence-electron chi connectivity index (χ3n) is 4.80. The molecule has 158 valence electrons. The number of methoxy groups -OCH3 is 1. The summed E-state index contributed by atoms with van der Waals surface area (Å²) in [5.41, 5.74) is 1.67. The predicted molar refractivity (Wildman–Crippen MR) is 105 cm³/mol. The van der Waals surface area contributed by atoms with Gasteiger partial charge in [-0.2, -0.15) is 0 Å². The number of imide groups is 2. The van der Waals surface area contributed by atoms with E-state index in [4.69, 9.17) is 4.74 Å². The summed E-state index contributed by atoms with van der Waals surface area (Å²) in [6.07, 6.45) is 2.37. The maximum Gasteiger partial charge on any atom is 0.334 e. The lowest BCUT2D eigenvalue weighted by Gasteiger charge is -2.19. The molecule has 0 saturated carbocycles. The van der Waals surface area contributed by atoms with Crippen LogP contribution in [-0.4, -0.2) is 70.7 Å². The van der Waals surface area contributed by atoms with Gasteiger partial charge in [0, 0.05) is 30.1 Å². The summed E-state index contributed by atoms with van der Waals surface area (Å²) in [5.74, 6) is -3.44. The number of para-hydroxylation sites is 1. The highest BCUT2D eigenvalue weighted by Gasteiger charge is 2.44. The van der Waals surface area contributed by atoms with Gasteiger partial charge in [-0.25, -0.2) is 14.5 Å². The molecule has 1 aromatic heterocycles. The number of nitrogens with zero attached hydrogens (tertiary/aromatic N) is 2. The highest BCUT2D eigenvalue weighted by molar-refractivity contribution is 6.45. The molecule has 0 spiro atoms. The predicted octanol–water partition coefficient (Wildman–Crippen LogP) is 0.569. The molecule has 0 aliphatic carbocycles. The first-order chi connectivity index (χ1) is 14.4. The summed E-state index contributed by atoms with van der Waals surface area (Å²) < 4.78 is 4.78. The summed E-state index contributed by atoms with van der Waals surface area (Å²) in [6, 6.07) is 5.62.